The summed E-state index contributed by atoms with van der Waals surface area (Å²) in [6.45, 7) is 7.85. The van der Waals surface area contributed by atoms with Gasteiger partial charge in [0.15, 0.2) is 11.8 Å². The molecule has 182 valence electrons. The lowest BCUT2D eigenvalue weighted by molar-refractivity contribution is 0.177. The lowest BCUT2D eigenvalue weighted by Crippen LogP contribution is -2.46. The predicted molar refractivity (Wildman–Crippen MR) is 142 cm³/mol. The molecule has 0 amide bonds. The number of fused-ring (bicyclic) bond motifs is 1. The monoisotopic (exact) mass is 567 g/mol. The van der Waals surface area contributed by atoms with E-state index in [1.807, 2.05) is 11.7 Å². The van der Waals surface area contributed by atoms with Crippen LogP contribution in [0, 0.1) is 5.92 Å². The van der Waals surface area contributed by atoms with E-state index in [9.17, 15) is 0 Å². The van der Waals surface area contributed by atoms with E-state index in [1.165, 1.54) is 37.1 Å². The Morgan fingerprint density at radius 1 is 1.15 bits per heavy atom. The van der Waals surface area contributed by atoms with Gasteiger partial charge in [-0.25, -0.2) is 9.67 Å². The van der Waals surface area contributed by atoms with Crippen LogP contribution in [0.3, 0.4) is 0 Å². The zero-order valence-electron chi connectivity index (χ0n) is 20.1. The van der Waals surface area contributed by atoms with Gasteiger partial charge in [0, 0.05) is 39.7 Å². The van der Waals surface area contributed by atoms with Crippen molar-refractivity contribution >= 4 is 29.9 Å². The number of methoxy groups -OCH3 is 1. The van der Waals surface area contributed by atoms with Crippen molar-refractivity contribution in [2.75, 3.05) is 27.2 Å². The van der Waals surface area contributed by atoms with Crippen molar-refractivity contribution in [1.82, 2.24) is 30.3 Å². The molecule has 1 fully saturated rings. The van der Waals surface area contributed by atoms with Crippen molar-refractivity contribution in [3.8, 4) is 0 Å². The molecule has 3 heterocycles. The standard InChI is InChI=1S/C24H37N7O.HI/c1-18-10-12-30(13-11-18)15-20-6-4-19(5-7-20)14-26-24(25-2)27-21-8-9-23-28-22(17-32-3)29-31(23)16-21;/h4-7,18,21H,8-17H2,1-3H3,(H2,25,26,27);1H. The van der Waals surface area contributed by atoms with Crippen LogP contribution in [0.15, 0.2) is 29.3 Å². The van der Waals surface area contributed by atoms with Crippen molar-refractivity contribution in [1.29, 1.82) is 0 Å². The number of nitrogens with zero attached hydrogens (tertiary/aromatic N) is 5. The van der Waals surface area contributed by atoms with Crippen LogP contribution in [-0.2, 0) is 37.4 Å². The van der Waals surface area contributed by atoms with E-state index in [0.29, 0.717) is 6.61 Å². The summed E-state index contributed by atoms with van der Waals surface area (Å²) in [4.78, 5) is 11.5. The Labute approximate surface area is 214 Å². The van der Waals surface area contributed by atoms with Crippen molar-refractivity contribution in [2.45, 2.75) is 64.9 Å². The minimum Gasteiger partial charge on any atom is -0.377 e. The Morgan fingerprint density at radius 2 is 1.88 bits per heavy atom. The molecule has 1 atom stereocenters. The van der Waals surface area contributed by atoms with Gasteiger partial charge in [-0.3, -0.25) is 9.89 Å². The maximum atomic E-state index is 5.15. The van der Waals surface area contributed by atoms with Crippen LogP contribution in [0.5, 0.6) is 0 Å². The Morgan fingerprint density at radius 3 is 2.58 bits per heavy atom. The largest absolute Gasteiger partial charge is 0.377 e. The molecule has 1 aromatic heterocycles. The fraction of sp³-hybridized carbons (Fsp3) is 0.625. The number of guanidine groups is 1. The van der Waals surface area contributed by atoms with E-state index in [4.69, 9.17) is 4.74 Å². The maximum Gasteiger partial charge on any atom is 0.191 e. The van der Waals surface area contributed by atoms with Gasteiger partial charge >= 0.3 is 0 Å². The molecule has 33 heavy (non-hydrogen) atoms. The van der Waals surface area contributed by atoms with Crippen molar-refractivity contribution in [2.24, 2.45) is 10.9 Å². The molecule has 4 rings (SSSR count). The lowest BCUT2D eigenvalue weighted by Gasteiger charge is -2.30. The Kier molecular flexibility index (Phi) is 9.94. The minimum absolute atomic E-state index is 0. The van der Waals surface area contributed by atoms with Crippen LogP contribution in [0.4, 0.5) is 0 Å². The second-order valence-corrected chi connectivity index (χ2v) is 9.14. The molecule has 1 unspecified atom stereocenters. The van der Waals surface area contributed by atoms with Crippen LogP contribution in [0.2, 0.25) is 0 Å². The minimum atomic E-state index is 0. The molecule has 9 heteroatoms. The third kappa shape index (κ3) is 7.38. The number of hydrogen-bond acceptors (Lipinski definition) is 5. The summed E-state index contributed by atoms with van der Waals surface area (Å²) >= 11 is 0. The molecule has 8 nitrogen and oxygen atoms in total. The average molecular weight is 568 g/mol. The van der Waals surface area contributed by atoms with Crippen LogP contribution in [0.25, 0.3) is 0 Å². The fourth-order valence-corrected chi connectivity index (χ4v) is 4.48. The molecule has 0 bridgehead atoms. The molecule has 0 radical (unpaired) electrons. The van der Waals surface area contributed by atoms with E-state index < -0.39 is 0 Å². The van der Waals surface area contributed by atoms with Crippen LogP contribution < -0.4 is 10.6 Å². The van der Waals surface area contributed by atoms with E-state index in [-0.39, 0.29) is 30.0 Å². The summed E-state index contributed by atoms with van der Waals surface area (Å²) in [6, 6.07) is 9.25. The molecular weight excluding hydrogens is 529 g/mol. The number of ether oxygens (including phenoxy) is 1. The number of aromatic nitrogens is 3. The Hall–Kier alpha value is -1.72. The Balaban J connectivity index is 0.00000306. The van der Waals surface area contributed by atoms with E-state index >= 15 is 0 Å². The number of rotatable bonds is 7. The van der Waals surface area contributed by atoms with Gasteiger partial charge in [-0.05, 0) is 49.4 Å². The average Bonchev–Trinajstić information content (AvgIpc) is 3.21. The quantitative estimate of drug-likeness (QED) is 0.305. The van der Waals surface area contributed by atoms with Gasteiger partial charge in [-0.2, -0.15) is 5.10 Å². The van der Waals surface area contributed by atoms with E-state index in [2.05, 4.69) is 61.8 Å². The van der Waals surface area contributed by atoms with Crippen LogP contribution in [-0.4, -0.2) is 58.9 Å². The van der Waals surface area contributed by atoms with Gasteiger partial charge in [0.05, 0.1) is 6.54 Å². The first-order valence-electron chi connectivity index (χ1n) is 11.8. The highest BCUT2D eigenvalue weighted by molar-refractivity contribution is 14.0. The summed E-state index contributed by atoms with van der Waals surface area (Å²) < 4.78 is 7.14. The summed E-state index contributed by atoms with van der Waals surface area (Å²) in [5, 5.41) is 11.5. The van der Waals surface area contributed by atoms with Crippen LogP contribution >= 0.6 is 24.0 Å². The highest BCUT2D eigenvalue weighted by atomic mass is 127. The van der Waals surface area contributed by atoms with Crippen LogP contribution in [0.1, 0.15) is 49.0 Å². The maximum absolute atomic E-state index is 5.15. The van der Waals surface area contributed by atoms with Gasteiger partial charge in [-0.15, -0.1) is 24.0 Å². The first kappa shape index (κ1) is 25.9. The molecule has 2 N–H and O–H groups in total. The number of piperidine rings is 1. The third-order valence-corrected chi connectivity index (χ3v) is 6.51. The molecule has 2 aromatic rings. The van der Waals surface area contributed by atoms with Gasteiger partial charge in [0.1, 0.15) is 12.4 Å². The lowest BCUT2D eigenvalue weighted by atomic mass is 9.99. The molecule has 0 saturated carbocycles. The number of halogens is 1. The first-order chi connectivity index (χ1) is 15.6. The second kappa shape index (κ2) is 12.7. The second-order valence-electron chi connectivity index (χ2n) is 9.14. The number of nitrogens with one attached hydrogen (secondary N) is 2. The van der Waals surface area contributed by atoms with Crippen molar-refractivity contribution in [3.63, 3.8) is 0 Å². The van der Waals surface area contributed by atoms with Gasteiger partial charge in [0.25, 0.3) is 0 Å². The Bertz CT molecular complexity index is 891. The van der Waals surface area contributed by atoms with E-state index in [0.717, 1.165) is 56.0 Å². The summed E-state index contributed by atoms with van der Waals surface area (Å²) in [5.74, 6) is 3.49. The van der Waals surface area contributed by atoms with Gasteiger partial charge in [0.2, 0.25) is 0 Å². The van der Waals surface area contributed by atoms with Crippen molar-refractivity contribution in [3.05, 3.63) is 47.0 Å². The van der Waals surface area contributed by atoms with E-state index in [1.54, 1.807) is 7.11 Å². The molecular formula is C24H38IN7O. The highest BCUT2D eigenvalue weighted by Crippen LogP contribution is 2.18. The number of benzene rings is 1. The molecule has 1 saturated heterocycles. The number of hydrogen-bond donors (Lipinski definition) is 2. The molecule has 1 aromatic carbocycles. The van der Waals surface area contributed by atoms with Crippen molar-refractivity contribution < 1.29 is 4.74 Å². The number of aliphatic imine (C=N–C) groups is 1. The molecule has 2 aliphatic rings. The molecule has 2 aliphatic heterocycles. The zero-order chi connectivity index (χ0) is 22.3. The normalized spacial score (nSPS) is 19.6. The number of likely N-dealkylation sites (tertiary alicyclic amines) is 1. The predicted octanol–water partition coefficient (Wildman–Crippen LogP) is 2.95. The zero-order valence-corrected chi connectivity index (χ0v) is 22.4. The summed E-state index contributed by atoms with van der Waals surface area (Å²) in [6.07, 6.45) is 4.56. The molecule has 0 aliphatic carbocycles. The third-order valence-electron chi connectivity index (χ3n) is 6.51. The highest BCUT2D eigenvalue weighted by Gasteiger charge is 2.22. The first-order valence-corrected chi connectivity index (χ1v) is 11.8. The van der Waals surface area contributed by atoms with Gasteiger partial charge < -0.3 is 15.4 Å². The molecule has 0 spiro atoms. The number of aryl methyl sites for hydroxylation is 1. The van der Waals surface area contributed by atoms with Gasteiger partial charge in [-0.1, -0.05) is 31.2 Å². The topological polar surface area (TPSA) is 79.6 Å². The summed E-state index contributed by atoms with van der Waals surface area (Å²) in [7, 11) is 3.49. The summed E-state index contributed by atoms with van der Waals surface area (Å²) in [5.41, 5.74) is 2.65. The SMILES string of the molecule is CN=C(NCc1ccc(CN2CCC(C)CC2)cc1)NC1CCc2nc(COC)nn2C1.I. The fourth-order valence-electron chi connectivity index (χ4n) is 4.48. The smallest absolute Gasteiger partial charge is 0.191 e.